The van der Waals surface area contributed by atoms with E-state index in [1.807, 2.05) is 0 Å². The Bertz CT molecular complexity index is 527. The van der Waals surface area contributed by atoms with Gasteiger partial charge >= 0.3 is 6.03 Å². The Morgan fingerprint density at radius 1 is 1.29 bits per heavy atom. The molecule has 3 amide bonds. The summed E-state index contributed by atoms with van der Waals surface area (Å²) in [4.78, 5) is 31.5. The van der Waals surface area contributed by atoms with Crippen LogP contribution in [0.5, 0.6) is 0 Å². The third-order valence-corrected chi connectivity index (χ3v) is 3.47. The lowest BCUT2D eigenvalue weighted by atomic mass is 10.2. The summed E-state index contributed by atoms with van der Waals surface area (Å²) >= 11 is 3.19. The molecule has 1 aromatic rings. The van der Waals surface area contributed by atoms with E-state index >= 15 is 0 Å². The van der Waals surface area contributed by atoms with Crippen molar-refractivity contribution in [2.45, 2.75) is 0 Å². The third kappa shape index (κ3) is 4.29. The number of piperazine rings is 1. The standard InChI is InChI=1S/C14H17BrN4O2/c1-11(15)9-17-14(21)19-7-5-18(6-8-19)13(20)12-3-2-4-16-10-12/h2-4,10H,1,5-9H2,(H,17,21). The highest BCUT2D eigenvalue weighted by Gasteiger charge is 2.24. The number of carbonyl (C=O) groups is 2. The van der Waals surface area contributed by atoms with Crippen LogP contribution in [0.1, 0.15) is 10.4 Å². The summed E-state index contributed by atoms with van der Waals surface area (Å²) in [5.74, 6) is -0.0444. The summed E-state index contributed by atoms with van der Waals surface area (Å²) in [6.07, 6.45) is 3.19. The predicted molar refractivity (Wildman–Crippen MR) is 83.2 cm³/mol. The van der Waals surface area contributed by atoms with Crippen molar-refractivity contribution < 1.29 is 9.59 Å². The minimum absolute atomic E-state index is 0.0444. The van der Waals surface area contributed by atoms with Gasteiger partial charge in [0.2, 0.25) is 0 Å². The summed E-state index contributed by atoms with van der Waals surface area (Å²) in [6, 6.07) is 3.35. The molecule has 0 spiro atoms. The molecule has 1 N–H and O–H groups in total. The van der Waals surface area contributed by atoms with E-state index in [1.54, 1.807) is 34.3 Å². The van der Waals surface area contributed by atoms with Crippen molar-refractivity contribution in [3.63, 3.8) is 0 Å². The predicted octanol–water partition coefficient (Wildman–Crippen LogP) is 1.46. The SMILES string of the molecule is C=C(Br)CNC(=O)N1CCN(C(=O)c2cccnc2)CC1. The highest BCUT2D eigenvalue weighted by atomic mass is 79.9. The van der Waals surface area contributed by atoms with Crippen LogP contribution in [0.15, 0.2) is 35.6 Å². The van der Waals surface area contributed by atoms with Crippen LogP contribution in [0.25, 0.3) is 0 Å². The van der Waals surface area contributed by atoms with Gasteiger partial charge in [0.25, 0.3) is 5.91 Å². The van der Waals surface area contributed by atoms with Gasteiger partial charge in [0.05, 0.1) is 12.1 Å². The van der Waals surface area contributed by atoms with Crippen LogP contribution in [0.3, 0.4) is 0 Å². The molecule has 2 heterocycles. The summed E-state index contributed by atoms with van der Waals surface area (Å²) in [5, 5.41) is 2.75. The van der Waals surface area contributed by atoms with E-state index in [1.165, 1.54) is 0 Å². The van der Waals surface area contributed by atoms with E-state index < -0.39 is 0 Å². The van der Waals surface area contributed by atoms with Crippen LogP contribution < -0.4 is 5.32 Å². The number of aromatic nitrogens is 1. The fourth-order valence-electron chi connectivity index (χ4n) is 2.07. The molecule has 1 saturated heterocycles. The van der Waals surface area contributed by atoms with Crippen LogP contribution in [0.4, 0.5) is 4.79 Å². The van der Waals surface area contributed by atoms with Crippen molar-refractivity contribution in [2.75, 3.05) is 32.7 Å². The number of amides is 3. The number of hydrogen-bond acceptors (Lipinski definition) is 3. The molecule has 21 heavy (non-hydrogen) atoms. The Hall–Kier alpha value is -1.89. The molecule has 1 aromatic heterocycles. The quantitative estimate of drug-likeness (QED) is 0.895. The van der Waals surface area contributed by atoms with Gasteiger partial charge in [-0.15, -0.1) is 0 Å². The summed E-state index contributed by atoms with van der Waals surface area (Å²) < 4.78 is 0.723. The van der Waals surface area contributed by atoms with Crippen molar-refractivity contribution in [1.82, 2.24) is 20.1 Å². The number of nitrogens with zero attached hydrogens (tertiary/aromatic N) is 3. The largest absolute Gasteiger partial charge is 0.335 e. The normalized spacial score (nSPS) is 14.7. The zero-order valence-electron chi connectivity index (χ0n) is 11.6. The average Bonchev–Trinajstić information content (AvgIpc) is 2.53. The molecule has 0 bridgehead atoms. The molecule has 2 rings (SSSR count). The van der Waals surface area contributed by atoms with Crippen molar-refractivity contribution >= 4 is 27.9 Å². The number of urea groups is 1. The number of nitrogens with one attached hydrogen (secondary N) is 1. The molecule has 0 aromatic carbocycles. The molecule has 112 valence electrons. The lowest BCUT2D eigenvalue weighted by molar-refractivity contribution is 0.0665. The van der Waals surface area contributed by atoms with Crippen molar-refractivity contribution in [3.8, 4) is 0 Å². The Labute approximate surface area is 132 Å². The summed E-state index contributed by atoms with van der Waals surface area (Å²) in [5.41, 5.74) is 0.575. The summed E-state index contributed by atoms with van der Waals surface area (Å²) in [7, 11) is 0. The van der Waals surface area contributed by atoms with Gasteiger partial charge in [0.1, 0.15) is 0 Å². The first-order valence-electron chi connectivity index (χ1n) is 6.63. The minimum Gasteiger partial charge on any atom is -0.335 e. The smallest absolute Gasteiger partial charge is 0.317 e. The molecular weight excluding hydrogens is 336 g/mol. The first kappa shape index (κ1) is 15.5. The molecule has 1 fully saturated rings. The topological polar surface area (TPSA) is 65.5 Å². The van der Waals surface area contributed by atoms with Crippen molar-refractivity contribution in [3.05, 3.63) is 41.2 Å². The lowest BCUT2D eigenvalue weighted by Gasteiger charge is -2.34. The highest BCUT2D eigenvalue weighted by Crippen LogP contribution is 2.08. The van der Waals surface area contributed by atoms with E-state index in [9.17, 15) is 9.59 Å². The lowest BCUT2D eigenvalue weighted by Crippen LogP contribution is -2.53. The third-order valence-electron chi connectivity index (χ3n) is 3.19. The molecule has 0 unspecified atom stereocenters. The maximum absolute atomic E-state index is 12.2. The van der Waals surface area contributed by atoms with Crippen molar-refractivity contribution in [2.24, 2.45) is 0 Å². The van der Waals surface area contributed by atoms with Gasteiger partial charge in [-0.2, -0.15) is 0 Å². The number of pyridine rings is 1. The van der Waals surface area contributed by atoms with Crippen LogP contribution in [0.2, 0.25) is 0 Å². The summed E-state index contributed by atoms with van der Waals surface area (Å²) in [6.45, 7) is 6.15. The Morgan fingerprint density at radius 2 is 1.95 bits per heavy atom. The van der Waals surface area contributed by atoms with Gasteiger partial charge in [-0.05, 0) is 12.1 Å². The van der Waals surface area contributed by atoms with Gasteiger partial charge in [-0.3, -0.25) is 9.78 Å². The van der Waals surface area contributed by atoms with Gasteiger partial charge in [0.15, 0.2) is 0 Å². The van der Waals surface area contributed by atoms with E-state index in [-0.39, 0.29) is 11.9 Å². The number of halogens is 1. The Kier molecular flexibility index (Phi) is 5.32. The zero-order valence-corrected chi connectivity index (χ0v) is 13.2. The Morgan fingerprint density at radius 3 is 2.52 bits per heavy atom. The van der Waals surface area contributed by atoms with Crippen LogP contribution in [0, 0.1) is 0 Å². The van der Waals surface area contributed by atoms with E-state index in [0.717, 1.165) is 4.48 Å². The second-order valence-corrected chi connectivity index (χ2v) is 5.82. The molecule has 0 saturated carbocycles. The second kappa shape index (κ2) is 7.21. The number of hydrogen-bond donors (Lipinski definition) is 1. The van der Waals surface area contributed by atoms with Crippen LogP contribution in [-0.2, 0) is 0 Å². The zero-order chi connectivity index (χ0) is 15.2. The molecule has 0 atom stereocenters. The Balaban J connectivity index is 1.84. The number of rotatable bonds is 3. The second-order valence-electron chi connectivity index (χ2n) is 4.70. The minimum atomic E-state index is -0.135. The van der Waals surface area contributed by atoms with Gasteiger partial charge < -0.3 is 15.1 Å². The van der Waals surface area contributed by atoms with E-state index in [0.29, 0.717) is 38.3 Å². The molecule has 1 aliphatic rings. The molecule has 6 nitrogen and oxygen atoms in total. The van der Waals surface area contributed by atoms with Gasteiger partial charge in [0, 0.05) is 43.1 Å². The van der Waals surface area contributed by atoms with Crippen LogP contribution >= 0.6 is 15.9 Å². The maximum atomic E-state index is 12.2. The van der Waals surface area contributed by atoms with E-state index in [4.69, 9.17) is 0 Å². The molecule has 0 radical (unpaired) electrons. The first-order chi connectivity index (χ1) is 10.1. The highest BCUT2D eigenvalue weighted by molar-refractivity contribution is 9.11. The molecule has 1 aliphatic heterocycles. The van der Waals surface area contributed by atoms with Crippen molar-refractivity contribution in [1.29, 1.82) is 0 Å². The fourth-order valence-corrected chi connectivity index (χ4v) is 2.21. The average molecular weight is 353 g/mol. The van der Waals surface area contributed by atoms with E-state index in [2.05, 4.69) is 32.8 Å². The van der Waals surface area contributed by atoms with Gasteiger partial charge in [-0.25, -0.2) is 4.79 Å². The first-order valence-corrected chi connectivity index (χ1v) is 7.42. The maximum Gasteiger partial charge on any atom is 0.317 e. The fraction of sp³-hybridized carbons (Fsp3) is 0.357. The molecule has 7 heteroatoms. The monoisotopic (exact) mass is 352 g/mol. The molecular formula is C14H17BrN4O2. The number of carbonyl (C=O) groups excluding carboxylic acids is 2. The molecule has 0 aliphatic carbocycles. The van der Waals surface area contributed by atoms with Gasteiger partial charge in [-0.1, -0.05) is 22.5 Å². The van der Waals surface area contributed by atoms with Crippen LogP contribution in [-0.4, -0.2) is 59.4 Å².